The summed E-state index contributed by atoms with van der Waals surface area (Å²) in [7, 11) is 0. The van der Waals surface area contributed by atoms with E-state index in [1.54, 1.807) is 16.8 Å². The van der Waals surface area contributed by atoms with E-state index in [2.05, 4.69) is 15.3 Å². The van der Waals surface area contributed by atoms with Gasteiger partial charge in [-0.3, -0.25) is 9.69 Å². The molecule has 0 saturated carbocycles. The first-order valence-electron chi connectivity index (χ1n) is 10.5. The summed E-state index contributed by atoms with van der Waals surface area (Å²) >= 11 is 5.92. The Morgan fingerprint density at radius 2 is 1.90 bits per heavy atom. The van der Waals surface area contributed by atoms with Crippen LogP contribution in [0.25, 0.3) is 11.4 Å². The molecule has 6 nitrogen and oxygen atoms in total. The summed E-state index contributed by atoms with van der Waals surface area (Å²) in [4.78, 5) is 19.7. The Morgan fingerprint density at radius 3 is 2.65 bits per heavy atom. The maximum absolute atomic E-state index is 13.4. The van der Waals surface area contributed by atoms with Crippen LogP contribution in [0.2, 0.25) is 5.02 Å². The SMILES string of the molecule is O=C1Cn2nc(-c3ccccc3)nc2CC2(CCN(Cc3ccc(F)c(Cl)c3)CC2)N1. The number of piperidine rings is 1. The first kappa shape index (κ1) is 20.2. The maximum atomic E-state index is 13.4. The molecule has 0 unspecified atom stereocenters. The van der Waals surface area contributed by atoms with Crippen molar-refractivity contribution in [1.29, 1.82) is 0 Å². The van der Waals surface area contributed by atoms with Crippen LogP contribution in [0, 0.1) is 5.82 Å². The van der Waals surface area contributed by atoms with Crippen LogP contribution in [0.1, 0.15) is 24.2 Å². The van der Waals surface area contributed by atoms with Crippen molar-refractivity contribution in [3.63, 3.8) is 0 Å². The van der Waals surface area contributed by atoms with Crippen LogP contribution in [0.5, 0.6) is 0 Å². The lowest BCUT2D eigenvalue weighted by atomic mass is 9.84. The van der Waals surface area contributed by atoms with Crippen LogP contribution in [0.15, 0.2) is 48.5 Å². The molecule has 3 aromatic rings. The minimum Gasteiger partial charge on any atom is -0.349 e. The Hall–Kier alpha value is -2.77. The molecular formula is C23H23ClFN5O. The molecule has 160 valence electrons. The molecule has 8 heteroatoms. The van der Waals surface area contributed by atoms with Gasteiger partial charge in [0, 0.05) is 37.2 Å². The molecule has 31 heavy (non-hydrogen) atoms. The van der Waals surface area contributed by atoms with Crippen molar-refractivity contribution in [2.75, 3.05) is 13.1 Å². The monoisotopic (exact) mass is 439 g/mol. The molecule has 1 amide bonds. The molecule has 3 heterocycles. The van der Waals surface area contributed by atoms with Crippen LogP contribution < -0.4 is 5.32 Å². The second kappa shape index (κ2) is 8.05. The van der Waals surface area contributed by atoms with Crippen LogP contribution in [-0.4, -0.2) is 44.2 Å². The Kier molecular flexibility index (Phi) is 5.24. The highest BCUT2D eigenvalue weighted by atomic mass is 35.5. The van der Waals surface area contributed by atoms with Crippen LogP contribution in [0.4, 0.5) is 4.39 Å². The summed E-state index contributed by atoms with van der Waals surface area (Å²) in [5.41, 5.74) is 1.62. The predicted molar refractivity (Wildman–Crippen MR) is 116 cm³/mol. The number of carbonyl (C=O) groups excluding carboxylic acids is 1. The smallest absolute Gasteiger partial charge is 0.242 e. The van der Waals surface area contributed by atoms with E-state index in [4.69, 9.17) is 16.6 Å². The molecule has 2 aliphatic heterocycles. The Balaban J connectivity index is 1.31. The van der Waals surface area contributed by atoms with Crippen LogP contribution in [0.3, 0.4) is 0 Å². The fraction of sp³-hybridized carbons (Fsp3) is 0.348. The highest BCUT2D eigenvalue weighted by molar-refractivity contribution is 6.30. The molecule has 1 fully saturated rings. The minimum absolute atomic E-state index is 0.0259. The number of likely N-dealkylation sites (tertiary alicyclic amines) is 1. The number of halogens is 2. The molecule has 1 spiro atoms. The van der Waals surface area contributed by atoms with E-state index in [0.29, 0.717) is 18.8 Å². The maximum Gasteiger partial charge on any atom is 0.242 e. The molecule has 0 aliphatic carbocycles. The van der Waals surface area contributed by atoms with Gasteiger partial charge in [-0.05, 0) is 30.5 Å². The van der Waals surface area contributed by atoms with Crippen molar-refractivity contribution in [2.24, 2.45) is 0 Å². The summed E-state index contributed by atoms with van der Waals surface area (Å²) < 4.78 is 15.2. The molecular weight excluding hydrogens is 417 g/mol. The van der Waals surface area contributed by atoms with Gasteiger partial charge in [-0.2, -0.15) is 5.10 Å². The summed E-state index contributed by atoms with van der Waals surface area (Å²) in [5.74, 6) is 1.08. The van der Waals surface area contributed by atoms with Crippen LogP contribution >= 0.6 is 11.6 Å². The van der Waals surface area contributed by atoms with Gasteiger partial charge in [-0.15, -0.1) is 0 Å². The molecule has 1 N–H and O–H groups in total. The van der Waals surface area contributed by atoms with E-state index >= 15 is 0 Å². The van der Waals surface area contributed by atoms with Gasteiger partial charge in [0.15, 0.2) is 5.82 Å². The van der Waals surface area contributed by atoms with Crippen molar-refractivity contribution in [2.45, 2.75) is 37.9 Å². The number of carbonyl (C=O) groups is 1. The number of rotatable bonds is 3. The molecule has 1 aromatic heterocycles. The van der Waals surface area contributed by atoms with E-state index in [0.717, 1.165) is 42.9 Å². The zero-order valence-electron chi connectivity index (χ0n) is 17.0. The highest BCUT2D eigenvalue weighted by Gasteiger charge is 2.39. The zero-order valence-corrected chi connectivity index (χ0v) is 17.8. The lowest BCUT2D eigenvalue weighted by Gasteiger charge is -2.41. The zero-order chi connectivity index (χ0) is 21.4. The topological polar surface area (TPSA) is 63.1 Å². The van der Waals surface area contributed by atoms with Gasteiger partial charge in [0.1, 0.15) is 18.2 Å². The van der Waals surface area contributed by atoms with Crippen molar-refractivity contribution in [3.05, 3.63) is 70.8 Å². The van der Waals surface area contributed by atoms with E-state index < -0.39 is 5.82 Å². The number of nitrogens with zero attached hydrogens (tertiary/aromatic N) is 4. The number of amides is 1. The largest absolute Gasteiger partial charge is 0.349 e. The van der Waals surface area contributed by atoms with Gasteiger partial charge in [0.25, 0.3) is 0 Å². The number of hydrogen-bond acceptors (Lipinski definition) is 4. The minimum atomic E-state index is -0.400. The quantitative estimate of drug-likeness (QED) is 0.679. The third kappa shape index (κ3) is 4.20. The fourth-order valence-electron chi connectivity index (χ4n) is 4.50. The molecule has 2 aliphatic rings. The van der Waals surface area contributed by atoms with Crippen molar-refractivity contribution < 1.29 is 9.18 Å². The Bertz CT molecular complexity index is 1110. The summed E-state index contributed by atoms with van der Waals surface area (Å²) in [6.45, 7) is 2.55. The van der Waals surface area contributed by atoms with Crippen molar-refractivity contribution >= 4 is 17.5 Å². The van der Waals surface area contributed by atoms with Crippen molar-refractivity contribution in [3.8, 4) is 11.4 Å². The van der Waals surface area contributed by atoms with Gasteiger partial charge in [-0.1, -0.05) is 48.0 Å². The van der Waals surface area contributed by atoms with E-state index in [1.807, 2.05) is 30.3 Å². The molecule has 0 radical (unpaired) electrons. The molecule has 0 atom stereocenters. The van der Waals surface area contributed by atoms with Gasteiger partial charge >= 0.3 is 0 Å². The first-order valence-corrected chi connectivity index (χ1v) is 10.8. The number of nitrogens with one attached hydrogen (secondary N) is 1. The molecule has 2 aromatic carbocycles. The lowest BCUT2D eigenvalue weighted by molar-refractivity contribution is -0.123. The first-order chi connectivity index (χ1) is 15.0. The number of benzene rings is 2. The van der Waals surface area contributed by atoms with E-state index in [-0.39, 0.29) is 23.0 Å². The molecule has 1 saturated heterocycles. The second-order valence-electron chi connectivity index (χ2n) is 8.41. The highest BCUT2D eigenvalue weighted by Crippen LogP contribution is 2.30. The molecule has 5 rings (SSSR count). The number of hydrogen-bond donors (Lipinski definition) is 1. The van der Waals surface area contributed by atoms with Gasteiger partial charge in [0.2, 0.25) is 5.91 Å². The number of fused-ring (bicyclic) bond motifs is 1. The summed E-state index contributed by atoms with van der Waals surface area (Å²) in [6.07, 6.45) is 2.30. The van der Waals surface area contributed by atoms with Gasteiger partial charge < -0.3 is 5.32 Å². The van der Waals surface area contributed by atoms with E-state index in [9.17, 15) is 9.18 Å². The van der Waals surface area contributed by atoms with Gasteiger partial charge in [0.05, 0.1) is 5.02 Å². The molecule has 0 bridgehead atoms. The lowest BCUT2D eigenvalue weighted by Crippen LogP contribution is -2.56. The van der Waals surface area contributed by atoms with Crippen LogP contribution in [-0.2, 0) is 24.3 Å². The predicted octanol–water partition coefficient (Wildman–Crippen LogP) is 3.44. The average molecular weight is 440 g/mol. The van der Waals surface area contributed by atoms with Gasteiger partial charge in [-0.25, -0.2) is 14.1 Å². The normalized spacial score (nSPS) is 18.5. The van der Waals surface area contributed by atoms with Crippen molar-refractivity contribution in [1.82, 2.24) is 25.0 Å². The summed E-state index contributed by atoms with van der Waals surface area (Å²) in [5, 5.41) is 7.99. The third-order valence-electron chi connectivity index (χ3n) is 6.18. The summed E-state index contributed by atoms with van der Waals surface area (Å²) in [6, 6.07) is 14.7. The Labute approximate surface area is 185 Å². The van der Waals surface area contributed by atoms with E-state index in [1.165, 1.54) is 6.07 Å². The number of aromatic nitrogens is 3. The standard InChI is InChI=1S/C23H23ClFN5O/c24-18-12-16(6-7-19(18)25)14-29-10-8-23(9-11-29)13-20-26-22(17-4-2-1-3-5-17)28-30(20)15-21(31)27-23/h1-7,12H,8-11,13-15H2,(H,27,31). The third-order valence-corrected chi connectivity index (χ3v) is 6.47. The average Bonchev–Trinajstić information content (AvgIpc) is 3.09. The Morgan fingerprint density at radius 1 is 1.13 bits per heavy atom. The fourth-order valence-corrected chi connectivity index (χ4v) is 4.70. The second-order valence-corrected chi connectivity index (χ2v) is 8.81.